The van der Waals surface area contributed by atoms with E-state index in [1.54, 1.807) is 0 Å². The van der Waals surface area contributed by atoms with Crippen LogP contribution in [0.15, 0.2) is 0 Å². The summed E-state index contributed by atoms with van der Waals surface area (Å²) in [5, 5.41) is 0. The van der Waals surface area contributed by atoms with Crippen LogP contribution in [0.4, 0.5) is 0 Å². The summed E-state index contributed by atoms with van der Waals surface area (Å²) in [7, 11) is -0.266. The van der Waals surface area contributed by atoms with Gasteiger partial charge in [0.1, 0.15) is 6.10 Å². The molecule has 6 heteroatoms. The molecule has 1 saturated heterocycles. The fourth-order valence-corrected chi connectivity index (χ4v) is 2.66. The lowest BCUT2D eigenvalue weighted by Gasteiger charge is -2.11. The Labute approximate surface area is 105 Å². The number of carbonyl (C=O) groups is 1. The average molecular weight is 262 g/mol. The second kappa shape index (κ2) is 8.63. The lowest BCUT2D eigenvalue weighted by Crippen LogP contribution is -2.19. The number of hydrogen-bond acceptors (Lipinski definition) is 5. The van der Waals surface area contributed by atoms with Crippen molar-refractivity contribution >= 4 is 15.5 Å². The zero-order valence-corrected chi connectivity index (χ0v) is 12.1. The van der Waals surface area contributed by atoms with Gasteiger partial charge in [0.15, 0.2) is 6.79 Å². The van der Waals surface area contributed by atoms with Gasteiger partial charge in [-0.2, -0.15) is 0 Å². The summed E-state index contributed by atoms with van der Waals surface area (Å²) in [6.07, 6.45) is 1.44. The molecule has 0 aromatic heterocycles. The molecule has 1 rings (SSSR count). The first-order valence-corrected chi connectivity index (χ1v) is 7.94. The molecule has 0 spiro atoms. The Morgan fingerprint density at radius 2 is 2.35 bits per heavy atom. The standard InChI is InChI=1S/C11H22O5Si/c1-9(12)15-8-16-10(2)17-5-3-4-13-6-11-7-14-11/h10-11H,3-8,17H2,1-2H3. The molecule has 2 unspecified atom stereocenters. The van der Waals surface area contributed by atoms with Gasteiger partial charge in [-0.15, -0.1) is 0 Å². The topological polar surface area (TPSA) is 57.3 Å². The number of epoxide rings is 1. The van der Waals surface area contributed by atoms with E-state index >= 15 is 0 Å². The quantitative estimate of drug-likeness (QED) is 0.186. The third-order valence-corrected chi connectivity index (χ3v) is 4.43. The molecular weight excluding hydrogens is 240 g/mol. The van der Waals surface area contributed by atoms with Gasteiger partial charge in [0.05, 0.1) is 22.7 Å². The predicted octanol–water partition coefficient (Wildman–Crippen LogP) is 0.262. The first kappa shape index (κ1) is 14.6. The molecule has 2 atom stereocenters. The molecule has 0 aliphatic carbocycles. The maximum Gasteiger partial charge on any atom is 0.304 e. The minimum atomic E-state index is -0.297. The van der Waals surface area contributed by atoms with Gasteiger partial charge in [0.25, 0.3) is 0 Å². The van der Waals surface area contributed by atoms with Crippen LogP contribution >= 0.6 is 0 Å². The third kappa shape index (κ3) is 9.28. The molecule has 0 bridgehead atoms. The van der Waals surface area contributed by atoms with E-state index in [4.69, 9.17) is 18.9 Å². The molecule has 1 fully saturated rings. The monoisotopic (exact) mass is 262 g/mol. The SMILES string of the molecule is CC(=O)OCOC(C)[SiH2]CCCOCC1CO1. The van der Waals surface area contributed by atoms with Crippen molar-refractivity contribution < 1.29 is 23.7 Å². The summed E-state index contributed by atoms with van der Waals surface area (Å²) in [6.45, 7) is 5.90. The maximum atomic E-state index is 10.5. The van der Waals surface area contributed by atoms with Crippen molar-refractivity contribution in [1.29, 1.82) is 0 Å². The molecule has 0 N–H and O–H groups in total. The van der Waals surface area contributed by atoms with Gasteiger partial charge in [-0.05, 0) is 13.3 Å². The Bertz CT molecular complexity index is 220. The molecule has 0 amide bonds. The van der Waals surface area contributed by atoms with Crippen LogP contribution in [0.2, 0.25) is 6.04 Å². The van der Waals surface area contributed by atoms with Crippen molar-refractivity contribution in [3.05, 3.63) is 0 Å². The highest BCUT2D eigenvalue weighted by atomic mass is 28.2. The van der Waals surface area contributed by atoms with Crippen LogP contribution in [-0.2, 0) is 23.7 Å². The van der Waals surface area contributed by atoms with Crippen LogP contribution in [0.5, 0.6) is 0 Å². The van der Waals surface area contributed by atoms with Crippen LogP contribution in [0.3, 0.4) is 0 Å². The predicted molar refractivity (Wildman–Crippen MR) is 65.7 cm³/mol. The van der Waals surface area contributed by atoms with Gasteiger partial charge in [-0.1, -0.05) is 6.04 Å². The van der Waals surface area contributed by atoms with Crippen molar-refractivity contribution in [2.24, 2.45) is 0 Å². The van der Waals surface area contributed by atoms with E-state index in [0.29, 0.717) is 6.10 Å². The van der Waals surface area contributed by atoms with Gasteiger partial charge in [0, 0.05) is 19.3 Å². The zero-order valence-electron chi connectivity index (χ0n) is 10.6. The van der Waals surface area contributed by atoms with Crippen LogP contribution in [0.25, 0.3) is 0 Å². The van der Waals surface area contributed by atoms with Crippen molar-refractivity contribution in [2.45, 2.75) is 38.1 Å². The van der Waals surface area contributed by atoms with Gasteiger partial charge < -0.3 is 18.9 Å². The molecule has 5 nitrogen and oxygen atoms in total. The van der Waals surface area contributed by atoms with E-state index in [2.05, 4.69) is 0 Å². The summed E-state index contributed by atoms with van der Waals surface area (Å²) in [5.74, 6) is -0.297. The van der Waals surface area contributed by atoms with E-state index in [0.717, 1.165) is 26.2 Å². The first-order chi connectivity index (χ1) is 8.18. The van der Waals surface area contributed by atoms with Gasteiger partial charge in [-0.3, -0.25) is 4.79 Å². The molecule has 0 aromatic carbocycles. The number of rotatable bonds is 10. The second-order valence-electron chi connectivity index (χ2n) is 4.26. The second-order valence-corrected chi connectivity index (χ2v) is 6.69. The van der Waals surface area contributed by atoms with Gasteiger partial charge in [0.2, 0.25) is 0 Å². The number of ether oxygens (including phenoxy) is 4. The summed E-state index contributed by atoms with van der Waals surface area (Å²) < 4.78 is 20.6. The number of carbonyl (C=O) groups excluding carboxylic acids is 1. The maximum absolute atomic E-state index is 10.5. The van der Waals surface area contributed by atoms with Crippen molar-refractivity contribution in [3.63, 3.8) is 0 Å². The van der Waals surface area contributed by atoms with Crippen molar-refractivity contribution in [1.82, 2.24) is 0 Å². The Hall–Kier alpha value is -0.433. The molecule has 1 aliphatic heterocycles. The fraction of sp³-hybridized carbons (Fsp3) is 0.909. The molecule has 17 heavy (non-hydrogen) atoms. The lowest BCUT2D eigenvalue weighted by atomic mass is 10.5. The Kier molecular flexibility index (Phi) is 7.42. The highest BCUT2D eigenvalue weighted by molar-refractivity contribution is 6.36. The molecule has 0 radical (unpaired) electrons. The molecular formula is C11H22O5Si. The smallest absolute Gasteiger partial charge is 0.304 e. The normalized spacial score (nSPS) is 20.7. The molecule has 1 heterocycles. The Morgan fingerprint density at radius 1 is 1.59 bits per heavy atom. The van der Waals surface area contributed by atoms with Crippen LogP contribution in [0, 0.1) is 0 Å². The molecule has 100 valence electrons. The van der Waals surface area contributed by atoms with Crippen LogP contribution < -0.4 is 0 Å². The average Bonchev–Trinajstić information content (AvgIpc) is 3.06. The highest BCUT2D eigenvalue weighted by Gasteiger charge is 2.21. The fourth-order valence-electron chi connectivity index (χ4n) is 1.33. The molecule has 0 saturated carbocycles. The van der Waals surface area contributed by atoms with Crippen molar-refractivity contribution in [3.8, 4) is 0 Å². The highest BCUT2D eigenvalue weighted by Crippen LogP contribution is 2.08. The van der Waals surface area contributed by atoms with Gasteiger partial charge in [-0.25, -0.2) is 0 Å². The summed E-state index contributed by atoms with van der Waals surface area (Å²) in [4.78, 5) is 10.5. The van der Waals surface area contributed by atoms with E-state index in [1.165, 1.54) is 13.0 Å². The summed E-state index contributed by atoms with van der Waals surface area (Å²) in [6, 6.07) is 1.19. The Balaban J connectivity index is 1.78. The lowest BCUT2D eigenvalue weighted by molar-refractivity contribution is -0.154. The van der Waals surface area contributed by atoms with E-state index in [9.17, 15) is 4.79 Å². The first-order valence-electron chi connectivity index (χ1n) is 6.13. The van der Waals surface area contributed by atoms with Gasteiger partial charge >= 0.3 is 5.97 Å². The van der Waals surface area contributed by atoms with E-state index in [-0.39, 0.29) is 28.0 Å². The van der Waals surface area contributed by atoms with E-state index in [1.807, 2.05) is 6.92 Å². The molecule has 1 aliphatic rings. The zero-order chi connectivity index (χ0) is 12.5. The van der Waals surface area contributed by atoms with Crippen LogP contribution in [-0.4, -0.2) is 53.9 Å². The summed E-state index contributed by atoms with van der Waals surface area (Å²) >= 11 is 0. The van der Waals surface area contributed by atoms with E-state index < -0.39 is 0 Å². The van der Waals surface area contributed by atoms with Crippen molar-refractivity contribution in [2.75, 3.05) is 26.6 Å². The largest absolute Gasteiger partial charge is 0.439 e. The minimum absolute atomic E-state index is 0.0824. The third-order valence-electron chi connectivity index (χ3n) is 2.47. The number of esters is 1. The van der Waals surface area contributed by atoms with Crippen LogP contribution in [0.1, 0.15) is 20.3 Å². The Morgan fingerprint density at radius 3 is 3.00 bits per heavy atom. The summed E-state index contributed by atoms with van der Waals surface area (Å²) in [5.41, 5.74) is 0.251. The minimum Gasteiger partial charge on any atom is -0.439 e. The molecule has 0 aromatic rings. The number of hydrogen-bond donors (Lipinski definition) is 0.